The Balaban J connectivity index is 0.00000180. The quantitative estimate of drug-likeness (QED) is 0.919. The zero-order chi connectivity index (χ0) is 13.2. The Morgan fingerprint density at radius 1 is 1.37 bits per heavy atom. The minimum atomic E-state index is -3.20. The van der Waals surface area contributed by atoms with E-state index >= 15 is 0 Å². The predicted octanol–water partition coefficient (Wildman–Crippen LogP) is 1.61. The van der Waals surface area contributed by atoms with Crippen LogP contribution in [0.15, 0.2) is 30.3 Å². The van der Waals surface area contributed by atoms with E-state index in [4.69, 9.17) is 5.73 Å². The van der Waals surface area contributed by atoms with E-state index in [1.165, 1.54) is 0 Å². The number of sulfonamides is 1. The van der Waals surface area contributed by atoms with Gasteiger partial charge in [0.05, 0.1) is 5.75 Å². The number of nitrogens with two attached hydrogens (primary N) is 1. The van der Waals surface area contributed by atoms with Gasteiger partial charge in [0.15, 0.2) is 0 Å². The highest BCUT2D eigenvalue weighted by Crippen LogP contribution is 2.23. The van der Waals surface area contributed by atoms with Crippen LogP contribution >= 0.6 is 12.4 Å². The summed E-state index contributed by atoms with van der Waals surface area (Å²) < 4.78 is 26.1. The van der Waals surface area contributed by atoms with E-state index in [0.717, 1.165) is 12.0 Å². The first-order chi connectivity index (χ1) is 8.49. The molecule has 1 fully saturated rings. The molecule has 0 bridgehead atoms. The molecule has 2 N–H and O–H groups in total. The van der Waals surface area contributed by atoms with Gasteiger partial charge in [0.2, 0.25) is 10.0 Å². The zero-order valence-corrected chi connectivity index (χ0v) is 12.7. The molecule has 6 heteroatoms. The second kappa shape index (κ2) is 6.70. The highest BCUT2D eigenvalue weighted by Gasteiger charge is 2.32. The second-order valence-electron chi connectivity index (χ2n) is 5.01. The molecule has 0 aromatic heterocycles. The first-order valence-electron chi connectivity index (χ1n) is 6.26. The third kappa shape index (κ3) is 4.18. The molecule has 1 aliphatic rings. The fourth-order valence-electron chi connectivity index (χ4n) is 2.31. The van der Waals surface area contributed by atoms with Crippen LogP contribution in [0.3, 0.4) is 0 Å². The number of nitrogens with zero attached hydrogens (tertiary/aromatic N) is 1. The summed E-state index contributed by atoms with van der Waals surface area (Å²) in [6.45, 7) is 3.10. The normalized spacial score (nSPS) is 21.9. The van der Waals surface area contributed by atoms with Crippen molar-refractivity contribution in [1.82, 2.24) is 4.31 Å². The molecule has 1 aromatic rings. The van der Waals surface area contributed by atoms with E-state index in [-0.39, 0.29) is 30.1 Å². The topological polar surface area (TPSA) is 63.4 Å². The Hall–Kier alpha value is -0.620. The van der Waals surface area contributed by atoms with Gasteiger partial charge in [-0.25, -0.2) is 12.7 Å². The highest BCUT2D eigenvalue weighted by molar-refractivity contribution is 7.88. The molecule has 0 amide bonds. The molecule has 1 saturated heterocycles. The molecule has 0 spiro atoms. The molecule has 2 unspecified atom stereocenters. The Morgan fingerprint density at radius 3 is 2.53 bits per heavy atom. The summed E-state index contributed by atoms with van der Waals surface area (Å²) in [5.74, 6) is 0.370. The summed E-state index contributed by atoms with van der Waals surface area (Å²) in [5, 5.41) is 0. The van der Waals surface area contributed by atoms with Gasteiger partial charge in [-0.2, -0.15) is 0 Å². The van der Waals surface area contributed by atoms with Crippen molar-refractivity contribution in [2.45, 2.75) is 25.1 Å². The SMILES string of the molecule is CC(N)C1CCN(S(=O)(=O)Cc2ccccc2)C1.Cl. The molecule has 19 heavy (non-hydrogen) atoms. The van der Waals surface area contributed by atoms with Crippen molar-refractivity contribution >= 4 is 22.4 Å². The minimum absolute atomic E-state index is 0. The first kappa shape index (κ1) is 16.4. The van der Waals surface area contributed by atoms with Gasteiger partial charge in [-0.15, -0.1) is 12.4 Å². The van der Waals surface area contributed by atoms with Crippen LogP contribution in [-0.4, -0.2) is 31.9 Å². The maximum Gasteiger partial charge on any atom is 0.218 e. The van der Waals surface area contributed by atoms with Crippen LogP contribution in [0.25, 0.3) is 0 Å². The molecule has 0 aliphatic carbocycles. The van der Waals surface area contributed by atoms with Crippen LogP contribution in [0.1, 0.15) is 18.9 Å². The van der Waals surface area contributed by atoms with Crippen LogP contribution in [0.5, 0.6) is 0 Å². The van der Waals surface area contributed by atoms with E-state index in [9.17, 15) is 8.42 Å². The smallest absolute Gasteiger partial charge is 0.218 e. The van der Waals surface area contributed by atoms with Gasteiger partial charge in [0, 0.05) is 19.1 Å². The molecule has 108 valence electrons. The molecular weight excluding hydrogens is 284 g/mol. The van der Waals surface area contributed by atoms with E-state index < -0.39 is 10.0 Å². The molecule has 4 nitrogen and oxygen atoms in total. The standard InChI is InChI=1S/C13H20N2O2S.ClH/c1-11(14)13-7-8-15(9-13)18(16,17)10-12-5-3-2-4-6-12;/h2-6,11,13H,7-10,14H2,1H3;1H. The van der Waals surface area contributed by atoms with Gasteiger partial charge in [0.1, 0.15) is 0 Å². The summed E-state index contributed by atoms with van der Waals surface area (Å²) in [5.41, 5.74) is 6.67. The van der Waals surface area contributed by atoms with Gasteiger partial charge in [0.25, 0.3) is 0 Å². The lowest BCUT2D eigenvalue weighted by atomic mass is 10.0. The first-order valence-corrected chi connectivity index (χ1v) is 7.87. The fourth-order valence-corrected chi connectivity index (χ4v) is 3.91. The summed E-state index contributed by atoms with van der Waals surface area (Å²) in [6, 6.07) is 9.35. The Labute approximate surface area is 121 Å². The van der Waals surface area contributed by atoms with Gasteiger partial charge in [-0.3, -0.25) is 0 Å². The largest absolute Gasteiger partial charge is 0.328 e. The van der Waals surface area contributed by atoms with Crippen LogP contribution in [-0.2, 0) is 15.8 Å². The third-order valence-electron chi connectivity index (χ3n) is 3.52. The molecular formula is C13H21ClN2O2S. The Kier molecular flexibility index (Phi) is 5.80. The molecule has 0 saturated carbocycles. The van der Waals surface area contributed by atoms with Crippen molar-refractivity contribution < 1.29 is 8.42 Å². The lowest BCUT2D eigenvalue weighted by Crippen LogP contribution is -2.33. The second-order valence-corrected chi connectivity index (χ2v) is 6.98. The highest BCUT2D eigenvalue weighted by atomic mass is 35.5. The van der Waals surface area contributed by atoms with Gasteiger partial charge >= 0.3 is 0 Å². The number of hydrogen-bond acceptors (Lipinski definition) is 3. The number of hydrogen-bond donors (Lipinski definition) is 1. The van der Waals surface area contributed by atoms with E-state index in [0.29, 0.717) is 13.1 Å². The van der Waals surface area contributed by atoms with E-state index in [1.807, 2.05) is 37.3 Å². The van der Waals surface area contributed by atoms with Crippen LogP contribution in [0, 0.1) is 5.92 Å². The van der Waals surface area contributed by atoms with Crippen LogP contribution < -0.4 is 5.73 Å². The lowest BCUT2D eigenvalue weighted by Gasteiger charge is -2.18. The molecule has 1 heterocycles. The van der Waals surface area contributed by atoms with Crippen molar-refractivity contribution in [3.05, 3.63) is 35.9 Å². The molecule has 1 aliphatic heterocycles. The summed E-state index contributed by atoms with van der Waals surface area (Å²) in [4.78, 5) is 0. The molecule has 2 atom stereocenters. The van der Waals surface area contributed by atoms with Crippen LogP contribution in [0.2, 0.25) is 0 Å². The van der Waals surface area contributed by atoms with Crippen molar-refractivity contribution in [2.24, 2.45) is 11.7 Å². The van der Waals surface area contributed by atoms with Crippen molar-refractivity contribution in [3.63, 3.8) is 0 Å². The van der Waals surface area contributed by atoms with Crippen molar-refractivity contribution in [1.29, 1.82) is 0 Å². The van der Waals surface area contributed by atoms with Gasteiger partial charge < -0.3 is 5.73 Å². The lowest BCUT2D eigenvalue weighted by molar-refractivity contribution is 0.428. The van der Waals surface area contributed by atoms with Gasteiger partial charge in [-0.1, -0.05) is 30.3 Å². The average Bonchev–Trinajstić information content (AvgIpc) is 2.79. The molecule has 2 rings (SSSR count). The molecule has 0 radical (unpaired) electrons. The summed E-state index contributed by atoms with van der Waals surface area (Å²) in [6.07, 6.45) is 0.867. The van der Waals surface area contributed by atoms with Crippen molar-refractivity contribution in [3.8, 4) is 0 Å². The van der Waals surface area contributed by atoms with Crippen molar-refractivity contribution in [2.75, 3.05) is 13.1 Å². The summed E-state index contributed by atoms with van der Waals surface area (Å²) in [7, 11) is -3.20. The molecule has 1 aromatic carbocycles. The number of benzene rings is 1. The predicted molar refractivity (Wildman–Crippen MR) is 79.6 cm³/mol. The third-order valence-corrected chi connectivity index (χ3v) is 5.33. The average molecular weight is 305 g/mol. The number of halogens is 1. The summed E-state index contributed by atoms with van der Waals surface area (Å²) >= 11 is 0. The maximum atomic E-state index is 12.3. The van der Waals surface area contributed by atoms with E-state index in [1.54, 1.807) is 4.31 Å². The minimum Gasteiger partial charge on any atom is -0.328 e. The number of rotatable bonds is 4. The fraction of sp³-hybridized carbons (Fsp3) is 0.538. The zero-order valence-electron chi connectivity index (χ0n) is 11.0. The van der Waals surface area contributed by atoms with E-state index in [2.05, 4.69) is 0 Å². The Morgan fingerprint density at radius 2 is 2.00 bits per heavy atom. The Bertz CT molecular complexity index is 491. The monoisotopic (exact) mass is 304 g/mol. The van der Waals surface area contributed by atoms with Crippen LogP contribution in [0.4, 0.5) is 0 Å². The van der Waals surface area contributed by atoms with Gasteiger partial charge in [-0.05, 0) is 24.8 Å². The maximum absolute atomic E-state index is 12.3.